The molecule has 1 aliphatic heterocycles. The lowest BCUT2D eigenvalue weighted by Gasteiger charge is -2.23. The Balaban J connectivity index is 1.62. The topological polar surface area (TPSA) is 75.7 Å². The van der Waals surface area contributed by atoms with Crippen molar-refractivity contribution in [3.05, 3.63) is 58.6 Å². The molecule has 158 valence electrons. The molecule has 1 fully saturated rings. The first-order valence-corrected chi connectivity index (χ1v) is 10.4. The van der Waals surface area contributed by atoms with Crippen LogP contribution < -0.4 is 10.2 Å². The van der Waals surface area contributed by atoms with Crippen LogP contribution in [0.3, 0.4) is 0 Å². The number of anilines is 2. The highest BCUT2D eigenvalue weighted by atomic mass is 35.5. The van der Waals surface area contributed by atoms with Crippen LogP contribution in [0, 0.1) is 5.92 Å². The van der Waals surface area contributed by atoms with Crippen molar-refractivity contribution in [2.24, 2.45) is 5.92 Å². The first-order valence-electron chi connectivity index (χ1n) is 10.1. The summed E-state index contributed by atoms with van der Waals surface area (Å²) in [7, 11) is 0. The van der Waals surface area contributed by atoms with Gasteiger partial charge in [0.2, 0.25) is 5.91 Å². The second-order valence-corrected chi connectivity index (χ2v) is 7.58. The number of aryl methyl sites for hydroxylation is 2. The van der Waals surface area contributed by atoms with Gasteiger partial charge in [-0.2, -0.15) is 0 Å². The number of benzene rings is 2. The molecule has 1 aliphatic rings. The first kappa shape index (κ1) is 21.8. The summed E-state index contributed by atoms with van der Waals surface area (Å²) < 4.78 is 5.17. The van der Waals surface area contributed by atoms with E-state index in [1.54, 1.807) is 29.2 Å². The van der Waals surface area contributed by atoms with E-state index in [4.69, 9.17) is 16.3 Å². The quantitative estimate of drug-likeness (QED) is 0.676. The predicted molar refractivity (Wildman–Crippen MR) is 117 cm³/mol. The molecule has 0 aromatic heterocycles. The Morgan fingerprint density at radius 2 is 1.77 bits per heavy atom. The number of hydrogen-bond donors (Lipinski definition) is 1. The Bertz CT molecular complexity index is 938. The van der Waals surface area contributed by atoms with Crippen LogP contribution in [-0.2, 0) is 32.0 Å². The van der Waals surface area contributed by atoms with Crippen LogP contribution in [0.4, 0.5) is 11.4 Å². The summed E-state index contributed by atoms with van der Waals surface area (Å²) in [6.45, 7) is 3.92. The highest BCUT2D eigenvalue weighted by molar-refractivity contribution is 6.33. The predicted octanol–water partition coefficient (Wildman–Crippen LogP) is 4.00. The fraction of sp³-hybridized carbons (Fsp3) is 0.348. The molecule has 2 aromatic rings. The van der Waals surface area contributed by atoms with Crippen LogP contribution in [0.2, 0.25) is 5.02 Å². The number of amides is 2. The van der Waals surface area contributed by atoms with Gasteiger partial charge in [0.15, 0.2) is 6.61 Å². The van der Waals surface area contributed by atoms with Crippen LogP contribution in [0.1, 0.15) is 31.4 Å². The molecule has 1 heterocycles. The molecular weight excluding hydrogens is 404 g/mol. The number of nitrogens with zero attached hydrogens (tertiary/aromatic N) is 1. The molecule has 30 heavy (non-hydrogen) atoms. The van der Waals surface area contributed by atoms with Gasteiger partial charge in [0.1, 0.15) is 0 Å². The van der Waals surface area contributed by atoms with Crippen LogP contribution in [0.25, 0.3) is 0 Å². The number of para-hydroxylation sites is 2. The van der Waals surface area contributed by atoms with Crippen molar-refractivity contribution in [3.63, 3.8) is 0 Å². The number of carbonyl (C=O) groups excluding carboxylic acids is 3. The first-order chi connectivity index (χ1) is 14.4. The smallest absolute Gasteiger partial charge is 0.311 e. The third-order valence-corrected chi connectivity index (χ3v) is 5.52. The summed E-state index contributed by atoms with van der Waals surface area (Å²) >= 11 is 6.01. The number of carbonyl (C=O) groups is 3. The third kappa shape index (κ3) is 4.82. The molecule has 0 spiro atoms. The number of nitrogens with one attached hydrogen (secondary N) is 1. The molecule has 1 atom stereocenters. The summed E-state index contributed by atoms with van der Waals surface area (Å²) in [6.07, 6.45) is 1.67. The van der Waals surface area contributed by atoms with E-state index in [1.807, 2.05) is 32.0 Å². The Labute approximate surface area is 181 Å². The molecule has 6 nitrogen and oxygen atoms in total. The number of esters is 1. The van der Waals surface area contributed by atoms with Gasteiger partial charge in [0.25, 0.3) is 5.91 Å². The molecule has 3 rings (SSSR count). The summed E-state index contributed by atoms with van der Waals surface area (Å²) in [5, 5.41) is 3.00. The van der Waals surface area contributed by atoms with Crippen LogP contribution >= 0.6 is 11.6 Å². The van der Waals surface area contributed by atoms with E-state index < -0.39 is 24.4 Å². The third-order valence-electron chi connectivity index (χ3n) is 5.19. The summed E-state index contributed by atoms with van der Waals surface area (Å²) in [6, 6.07) is 12.8. The van der Waals surface area contributed by atoms with E-state index in [2.05, 4.69) is 5.32 Å². The van der Waals surface area contributed by atoms with E-state index in [-0.39, 0.29) is 18.9 Å². The molecule has 1 N–H and O–H groups in total. The maximum atomic E-state index is 12.7. The zero-order valence-corrected chi connectivity index (χ0v) is 17.9. The number of rotatable bonds is 7. The Hall–Kier alpha value is -2.86. The minimum atomic E-state index is -0.597. The van der Waals surface area contributed by atoms with E-state index in [1.165, 1.54) is 0 Å². The van der Waals surface area contributed by atoms with Gasteiger partial charge >= 0.3 is 5.97 Å². The van der Waals surface area contributed by atoms with Gasteiger partial charge in [-0.15, -0.1) is 0 Å². The Kier molecular flexibility index (Phi) is 7.11. The van der Waals surface area contributed by atoms with Crippen molar-refractivity contribution < 1.29 is 19.1 Å². The second-order valence-electron chi connectivity index (χ2n) is 7.17. The SMILES string of the molecule is CCc1cccc(CC)c1N1C[C@H](C(=O)OCC(=O)Nc2ccccc2Cl)CC1=O. The zero-order valence-electron chi connectivity index (χ0n) is 17.1. The Morgan fingerprint density at radius 1 is 1.10 bits per heavy atom. The highest BCUT2D eigenvalue weighted by Crippen LogP contribution is 2.32. The standard InChI is InChI=1S/C23H25ClN2O4/c1-3-15-8-7-9-16(4-2)22(15)26-13-17(12-21(26)28)23(29)30-14-20(27)25-19-11-6-5-10-18(19)24/h5-11,17H,3-4,12-14H2,1-2H3,(H,25,27)/t17-/m1/s1. The maximum Gasteiger partial charge on any atom is 0.311 e. The minimum Gasteiger partial charge on any atom is -0.455 e. The summed E-state index contributed by atoms with van der Waals surface area (Å²) in [4.78, 5) is 38.9. The van der Waals surface area contributed by atoms with E-state index in [0.29, 0.717) is 10.7 Å². The number of ether oxygens (including phenoxy) is 1. The monoisotopic (exact) mass is 428 g/mol. The molecule has 0 saturated carbocycles. The fourth-order valence-electron chi connectivity index (χ4n) is 3.65. The minimum absolute atomic E-state index is 0.0756. The van der Waals surface area contributed by atoms with Gasteiger partial charge in [-0.1, -0.05) is 55.8 Å². The largest absolute Gasteiger partial charge is 0.455 e. The highest BCUT2D eigenvalue weighted by Gasteiger charge is 2.37. The van der Waals surface area contributed by atoms with Gasteiger partial charge in [0.05, 0.1) is 16.6 Å². The van der Waals surface area contributed by atoms with Gasteiger partial charge in [-0.05, 0) is 36.1 Å². The van der Waals surface area contributed by atoms with E-state index in [0.717, 1.165) is 29.7 Å². The molecule has 0 unspecified atom stereocenters. The van der Waals surface area contributed by atoms with Crippen molar-refractivity contribution in [2.75, 3.05) is 23.4 Å². The van der Waals surface area contributed by atoms with Crippen molar-refractivity contribution in [2.45, 2.75) is 33.1 Å². The Morgan fingerprint density at radius 3 is 2.40 bits per heavy atom. The van der Waals surface area contributed by atoms with E-state index in [9.17, 15) is 14.4 Å². The van der Waals surface area contributed by atoms with Crippen LogP contribution in [0.15, 0.2) is 42.5 Å². The van der Waals surface area contributed by atoms with E-state index >= 15 is 0 Å². The normalized spacial score (nSPS) is 15.9. The molecular formula is C23H25ClN2O4. The lowest BCUT2D eigenvalue weighted by molar-refractivity contribution is -0.151. The van der Waals surface area contributed by atoms with Gasteiger partial charge in [0, 0.05) is 18.7 Å². The van der Waals surface area contributed by atoms with Gasteiger partial charge in [-0.25, -0.2) is 0 Å². The molecule has 0 radical (unpaired) electrons. The second kappa shape index (κ2) is 9.76. The van der Waals surface area contributed by atoms with Gasteiger partial charge < -0.3 is 15.0 Å². The maximum absolute atomic E-state index is 12.7. The van der Waals surface area contributed by atoms with Gasteiger partial charge in [-0.3, -0.25) is 14.4 Å². The molecule has 2 amide bonds. The lowest BCUT2D eigenvalue weighted by Crippen LogP contribution is -2.29. The van der Waals surface area contributed by atoms with Crippen molar-refractivity contribution in [1.29, 1.82) is 0 Å². The zero-order chi connectivity index (χ0) is 21.7. The lowest BCUT2D eigenvalue weighted by atomic mass is 10.0. The summed E-state index contributed by atoms with van der Waals surface area (Å²) in [5.41, 5.74) is 3.51. The van der Waals surface area contributed by atoms with Crippen molar-refractivity contribution in [3.8, 4) is 0 Å². The number of halogens is 1. The average Bonchev–Trinajstić information content (AvgIpc) is 3.14. The average molecular weight is 429 g/mol. The van der Waals surface area contributed by atoms with Crippen LogP contribution in [-0.4, -0.2) is 30.9 Å². The van der Waals surface area contributed by atoms with Crippen molar-refractivity contribution in [1.82, 2.24) is 0 Å². The number of hydrogen-bond acceptors (Lipinski definition) is 4. The molecule has 0 bridgehead atoms. The summed E-state index contributed by atoms with van der Waals surface area (Å²) in [5.74, 6) is -1.73. The molecule has 1 saturated heterocycles. The molecule has 2 aromatic carbocycles. The molecule has 7 heteroatoms. The van der Waals surface area contributed by atoms with Crippen molar-refractivity contribution >= 4 is 40.8 Å². The molecule has 0 aliphatic carbocycles. The fourth-order valence-corrected chi connectivity index (χ4v) is 3.83. The van der Waals surface area contributed by atoms with Crippen LogP contribution in [0.5, 0.6) is 0 Å².